The van der Waals surface area contributed by atoms with E-state index in [0.717, 1.165) is 0 Å². The molecule has 0 bridgehead atoms. The predicted molar refractivity (Wildman–Crippen MR) is 60.5 cm³/mol. The largest absolute Gasteiger partial charge is 0.421 e. The van der Waals surface area contributed by atoms with E-state index in [-0.39, 0.29) is 0 Å². The van der Waals surface area contributed by atoms with E-state index in [1.165, 1.54) is 0 Å². The minimum atomic E-state index is -1.42. The molecular weight excluding hydrogens is 280 g/mol. The van der Waals surface area contributed by atoms with Crippen molar-refractivity contribution in [1.82, 2.24) is 0 Å². The van der Waals surface area contributed by atoms with E-state index in [0.29, 0.717) is 21.6 Å². The van der Waals surface area contributed by atoms with E-state index in [1.807, 2.05) is 0 Å². The van der Waals surface area contributed by atoms with E-state index in [1.54, 1.807) is 10.8 Å². The summed E-state index contributed by atoms with van der Waals surface area (Å²) in [5.41, 5.74) is 16.3. The van der Waals surface area contributed by atoms with E-state index in [9.17, 15) is 0 Å². The minimum Gasteiger partial charge on any atom is -0.180 e. The molecule has 76 valence electrons. The number of rotatable bonds is 6. The van der Waals surface area contributed by atoms with Gasteiger partial charge >= 0.3 is 20.8 Å². The molecule has 13 heteroatoms. The molecule has 2 unspecified atom stereocenters. The second-order valence-corrected chi connectivity index (χ2v) is 6.34. The first kappa shape index (κ1) is 14.0. The third-order valence-corrected chi connectivity index (χ3v) is 5.02. The molecule has 0 aromatic rings. The summed E-state index contributed by atoms with van der Waals surface area (Å²) in [6, 6.07) is 0. The van der Waals surface area contributed by atoms with Gasteiger partial charge < -0.3 is 0 Å². The number of azide groups is 2. The van der Waals surface area contributed by atoms with Gasteiger partial charge in [-0.25, -0.2) is 0 Å². The summed E-state index contributed by atoms with van der Waals surface area (Å²) in [6.07, 6.45) is 0. The SMILES string of the molecule is N#CS[S+](N=[N+]=[N-])O[S+](N=[N+]=[N-])SC#N. The lowest BCUT2D eigenvalue weighted by atomic mass is 11.8. The molecule has 0 saturated heterocycles. The molecule has 0 rings (SSSR count). The van der Waals surface area contributed by atoms with E-state index >= 15 is 0 Å². The highest BCUT2D eigenvalue weighted by Gasteiger charge is 2.41. The van der Waals surface area contributed by atoms with Crippen LogP contribution >= 0.6 is 21.6 Å². The molecule has 0 N–H and O–H groups in total. The first-order valence-corrected chi connectivity index (χ1v) is 7.57. The van der Waals surface area contributed by atoms with E-state index in [2.05, 4.69) is 18.9 Å². The molecule has 0 fully saturated rings. The van der Waals surface area contributed by atoms with Gasteiger partial charge in [-0.05, 0) is 0 Å². The molecule has 15 heavy (non-hydrogen) atoms. The Morgan fingerprint density at radius 3 is 1.73 bits per heavy atom. The third-order valence-electron chi connectivity index (χ3n) is 0.540. The van der Waals surface area contributed by atoms with Gasteiger partial charge in [-0.2, -0.15) is 10.5 Å². The van der Waals surface area contributed by atoms with Crippen molar-refractivity contribution in [3.8, 4) is 10.8 Å². The van der Waals surface area contributed by atoms with Gasteiger partial charge in [0.1, 0.15) is 3.63 Å². The van der Waals surface area contributed by atoms with Crippen molar-refractivity contribution in [2.24, 2.45) is 9.04 Å². The highest BCUT2D eigenvalue weighted by Crippen LogP contribution is 2.28. The number of thiocyanates is 2. The predicted octanol–water partition coefficient (Wildman–Crippen LogP) is 2.78. The maximum atomic E-state index is 8.32. The molecule has 0 aliphatic heterocycles. The number of hydrogen-bond donors (Lipinski definition) is 0. The maximum absolute atomic E-state index is 8.32. The van der Waals surface area contributed by atoms with Crippen LogP contribution in [0.4, 0.5) is 0 Å². The first-order chi connectivity index (χ1) is 7.28. The summed E-state index contributed by atoms with van der Waals surface area (Å²) < 4.78 is 11.2. The Morgan fingerprint density at radius 1 is 1.07 bits per heavy atom. The molecule has 0 heterocycles. The van der Waals surface area contributed by atoms with Crippen molar-refractivity contribution in [2.45, 2.75) is 0 Å². The average Bonchev–Trinajstić information content (AvgIpc) is 2.19. The van der Waals surface area contributed by atoms with Gasteiger partial charge in [-0.1, -0.05) is 0 Å². The number of nitrogens with zero attached hydrogens (tertiary/aromatic N) is 8. The number of hydrogen-bond acceptors (Lipinski definition) is 7. The Morgan fingerprint density at radius 2 is 1.47 bits per heavy atom. The Bertz CT molecular complexity index is 335. The summed E-state index contributed by atoms with van der Waals surface area (Å²) in [7, 11) is -1.69. The average molecular weight is 280 g/mol. The Hall–Kier alpha value is -1.04. The van der Waals surface area contributed by atoms with Gasteiger partial charge in [0.15, 0.2) is 19.8 Å². The molecule has 0 aromatic heterocycles. The summed E-state index contributed by atoms with van der Waals surface area (Å²) in [5, 5.41) is 20.0. The lowest BCUT2D eigenvalue weighted by Gasteiger charge is -1.83. The van der Waals surface area contributed by atoms with Crippen molar-refractivity contribution < 1.29 is 3.63 Å². The molecule has 0 aliphatic carbocycles. The van der Waals surface area contributed by atoms with Crippen LogP contribution in [-0.2, 0) is 24.4 Å². The van der Waals surface area contributed by atoms with Crippen LogP contribution in [0.2, 0.25) is 0 Å². The summed E-state index contributed by atoms with van der Waals surface area (Å²) >= 11 is 0. The monoisotopic (exact) mass is 280 g/mol. The second kappa shape index (κ2) is 9.51. The topological polar surface area (TPSA) is 154 Å². The molecule has 0 spiro atoms. The molecule has 9 nitrogen and oxygen atoms in total. The zero-order chi connectivity index (χ0) is 11.5. The van der Waals surface area contributed by atoms with Crippen LogP contribution in [0.25, 0.3) is 20.9 Å². The first-order valence-electron chi connectivity index (χ1n) is 2.69. The Kier molecular flexibility index (Phi) is 8.85. The summed E-state index contributed by atoms with van der Waals surface area (Å²) in [5.74, 6) is 0. The van der Waals surface area contributed by atoms with Gasteiger partial charge in [0.2, 0.25) is 0 Å². The third kappa shape index (κ3) is 6.96. The zero-order valence-corrected chi connectivity index (χ0v) is 9.88. The van der Waals surface area contributed by atoms with Crippen LogP contribution in [-0.4, -0.2) is 0 Å². The van der Waals surface area contributed by atoms with E-state index < -0.39 is 20.8 Å². The van der Waals surface area contributed by atoms with E-state index in [4.69, 9.17) is 25.2 Å². The summed E-state index contributed by atoms with van der Waals surface area (Å²) in [4.78, 5) is 4.89. The molecule has 0 aromatic carbocycles. The van der Waals surface area contributed by atoms with Crippen LogP contribution in [0.1, 0.15) is 0 Å². The van der Waals surface area contributed by atoms with Crippen molar-refractivity contribution in [3.05, 3.63) is 20.9 Å². The van der Waals surface area contributed by atoms with Crippen LogP contribution in [0.15, 0.2) is 9.04 Å². The van der Waals surface area contributed by atoms with Crippen molar-refractivity contribution in [3.63, 3.8) is 0 Å². The Labute approximate surface area is 97.2 Å². The van der Waals surface area contributed by atoms with Gasteiger partial charge in [-0.15, -0.1) is 0 Å². The fourth-order valence-electron chi connectivity index (χ4n) is 0.262. The molecule has 0 saturated carbocycles. The van der Waals surface area contributed by atoms with Crippen LogP contribution in [0.3, 0.4) is 0 Å². The van der Waals surface area contributed by atoms with Crippen LogP contribution in [0, 0.1) is 21.3 Å². The molecule has 2 atom stereocenters. The van der Waals surface area contributed by atoms with Gasteiger partial charge in [0, 0.05) is 11.1 Å². The van der Waals surface area contributed by atoms with Gasteiger partial charge in [-0.3, -0.25) is 0 Å². The van der Waals surface area contributed by atoms with Crippen LogP contribution in [0.5, 0.6) is 0 Å². The van der Waals surface area contributed by atoms with Crippen molar-refractivity contribution >= 4 is 42.4 Å². The molecule has 0 aliphatic rings. The highest BCUT2D eigenvalue weighted by molar-refractivity contribution is 8.79. The zero-order valence-electron chi connectivity index (χ0n) is 6.62. The van der Waals surface area contributed by atoms with Gasteiger partial charge in [0.25, 0.3) is 21.6 Å². The standard InChI is InChI=1S/C2N8OS4/c3-1-12-14(9-7-5)11-15(10-8-6)13-2-4/q+2. The lowest BCUT2D eigenvalue weighted by molar-refractivity contribution is 0.740. The Balaban J connectivity index is 4.46. The lowest BCUT2D eigenvalue weighted by Crippen LogP contribution is -2.01. The van der Waals surface area contributed by atoms with Crippen molar-refractivity contribution in [1.29, 1.82) is 10.5 Å². The minimum absolute atomic E-state index is 0.573. The van der Waals surface area contributed by atoms with Crippen molar-refractivity contribution in [2.75, 3.05) is 0 Å². The van der Waals surface area contributed by atoms with Gasteiger partial charge in [0.05, 0.1) is 9.82 Å². The number of nitriles is 2. The fourth-order valence-corrected chi connectivity index (χ4v) is 3.94. The molecular formula is C2N8OS4+2. The normalized spacial score (nSPS) is 12.1. The smallest absolute Gasteiger partial charge is 0.180 e. The quantitative estimate of drug-likeness (QED) is 0.182. The summed E-state index contributed by atoms with van der Waals surface area (Å²) in [6.45, 7) is 0. The second-order valence-electron chi connectivity index (χ2n) is 1.19. The molecule has 0 radical (unpaired) electrons. The molecule has 0 amide bonds. The fraction of sp³-hybridized carbons (Fsp3) is 0. The highest BCUT2D eigenvalue weighted by atomic mass is 33.2. The van der Waals surface area contributed by atoms with Crippen LogP contribution < -0.4 is 0 Å². The maximum Gasteiger partial charge on any atom is 0.421 e.